The van der Waals surface area contributed by atoms with Gasteiger partial charge in [-0.2, -0.15) is 0 Å². The van der Waals surface area contributed by atoms with E-state index >= 15 is 0 Å². The number of nitro groups is 1. The summed E-state index contributed by atoms with van der Waals surface area (Å²) in [5.41, 5.74) is 3.79. The van der Waals surface area contributed by atoms with Crippen LogP contribution < -0.4 is 10.6 Å². The Morgan fingerprint density at radius 1 is 1.10 bits per heavy atom. The third-order valence-electron chi connectivity index (χ3n) is 4.59. The van der Waals surface area contributed by atoms with E-state index in [2.05, 4.69) is 15.6 Å². The summed E-state index contributed by atoms with van der Waals surface area (Å²) < 4.78 is 1.11. The largest absolute Gasteiger partial charge is 0.332 e. The predicted molar refractivity (Wildman–Crippen MR) is 127 cm³/mol. The van der Waals surface area contributed by atoms with Gasteiger partial charge >= 0.3 is 0 Å². The maximum absolute atomic E-state index is 12.4. The van der Waals surface area contributed by atoms with E-state index in [1.807, 2.05) is 49.4 Å². The number of carbonyl (C=O) groups excluding carboxylic acids is 1. The first-order valence-electron chi connectivity index (χ1n) is 9.24. The smallest absolute Gasteiger partial charge is 0.269 e. The van der Waals surface area contributed by atoms with Crippen molar-refractivity contribution in [3.8, 4) is 10.6 Å². The molecule has 31 heavy (non-hydrogen) atoms. The molecule has 0 aliphatic heterocycles. The number of nitrogens with zero attached hydrogens (tertiary/aromatic N) is 2. The summed E-state index contributed by atoms with van der Waals surface area (Å²) in [6, 6.07) is 19.2. The zero-order valence-corrected chi connectivity index (χ0v) is 17.9. The molecule has 7 nitrogen and oxygen atoms in total. The standard InChI is InChI=1S/C22H16N4O3S2/c1-13-6-7-15(21-23-17-4-2-3-5-19(17)31-21)12-18(13)24-22(30)25-20(27)14-8-10-16(11-9-14)26(28)29/h2-12H,1H3,(H2,24,25,27,30). The van der Waals surface area contributed by atoms with Gasteiger partial charge < -0.3 is 5.32 Å². The number of hydrogen-bond acceptors (Lipinski definition) is 6. The van der Waals surface area contributed by atoms with Crippen molar-refractivity contribution in [2.24, 2.45) is 0 Å². The Balaban J connectivity index is 1.49. The summed E-state index contributed by atoms with van der Waals surface area (Å²) in [6.45, 7) is 1.94. The van der Waals surface area contributed by atoms with Crippen LogP contribution in [0.1, 0.15) is 15.9 Å². The number of fused-ring (bicyclic) bond motifs is 1. The Labute approximate surface area is 186 Å². The zero-order valence-electron chi connectivity index (χ0n) is 16.3. The van der Waals surface area contributed by atoms with Crippen LogP contribution in [-0.4, -0.2) is 20.9 Å². The second-order valence-corrected chi connectivity index (χ2v) is 8.17. The van der Waals surface area contributed by atoms with Crippen molar-refractivity contribution in [3.63, 3.8) is 0 Å². The van der Waals surface area contributed by atoms with Crippen LogP contribution in [0.25, 0.3) is 20.8 Å². The first-order valence-corrected chi connectivity index (χ1v) is 10.5. The van der Waals surface area contributed by atoms with Crippen molar-refractivity contribution in [1.82, 2.24) is 10.3 Å². The van der Waals surface area contributed by atoms with E-state index in [9.17, 15) is 14.9 Å². The van der Waals surface area contributed by atoms with Gasteiger partial charge in [-0.15, -0.1) is 11.3 Å². The molecule has 1 heterocycles. The SMILES string of the molecule is Cc1ccc(-c2nc3ccccc3s2)cc1NC(=S)NC(=O)c1ccc([N+](=O)[O-])cc1. The molecule has 0 saturated carbocycles. The highest BCUT2D eigenvalue weighted by Crippen LogP contribution is 2.32. The highest BCUT2D eigenvalue weighted by molar-refractivity contribution is 7.80. The second kappa shape index (κ2) is 8.58. The zero-order chi connectivity index (χ0) is 22.0. The average Bonchev–Trinajstić information content (AvgIpc) is 3.19. The van der Waals surface area contributed by atoms with Gasteiger partial charge in [0.25, 0.3) is 11.6 Å². The Bertz CT molecular complexity index is 1280. The number of para-hydroxylation sites is 1. The van der Waals surface area contributed by atoms with Crippen LogP contribution in [0.4, 0.5) is 11.4 Å². The summed E-state index contributed by atoms with van der Waals surface area (Å²) in [4.78, 5) is 27.3. The van der Waals surface area contributed by atoms with E-state index in [0.29, 0.717) is 0 Å². The lowest BCUT2D eigenvalue weighted by molar-refractivity contribution is -0.384. The molecule has 154 valence electrons. The molecule has 0 radical (unpaired) electrons. The van der Waals surface area contributed by atoms with Crippen LogP contribution in [0.5, 0.6) is 0 Å². The lowest BCUT2D eigenvalue weighted by Gasteiger charge is -2.13. The molecule has 0 atom stereocenters. The van der Waals surface area contributed by atoms with Crippen molar-refractivity contribution in [3.05, 3.63) is 88.0 Å². The van der Waals surface area contributed by atoms with Crippen molar-refractivity contribution >= 4 is 56.2 Å². The summed E-state index contributed by atoms with van der Waals surface area (Å²) in [5.74, 6) is -0.452. The summed E-state index contributed by atoms with van der Waals surface area (Å²) in [6.07, 6.45) is 0. The fraction of sp³-hybridized carbons (Fsp3) is 0.0455. The Morgan fingerprint density at radius 3 is 2.55 bits per heavy atom. The number of carbonyl (C=O) groups is 1. The van der Waals surface area contributed by atoms with E-state index < -0.39 is 10.8 Å². The number of thiazole rings is 1. The molecule has 1 aromatic heterocycles. The minimum absolute atomic E-state index is 0.0838. The molecular formula is C22H16N4O3S2. The minimum atomic E-state index is -0.519. The predicted octanol–water partition coefficient (Wildman–Crippen LogP) is 5.31. The molecule has 1 amide bonds. The number of non-ortho nitro benzene ring substituents is 1. The van der Waals surface area contributed by atoms with Crippen molar-refractivity contribution in [1.29, 1.82) is 0 Å². The number of benzene rings is 3. The number of nitro benzene ring substituents is 1. The molecule has 4 aromatic rings. The molecule has 0 unspecified atom stereocenters. The number of aromatic nitrogens is 1. The van der Waals surface area contributed by atoms with Crippen molar-refractivity contribution in [2.75, 3.05) is 5.32 Å². The molecule has 0 bridgehead atoms. The Morgan fingerprint density at radius 2 is 1.84 bits per heavy atom. The van der Waals surface area contributed by atoms with Crippen LogP contribution in [0.15, 0.2) is 66.7 Å². The van der Waals surface area contributed by atoms with Crippen LogP contribution in [0, 0.1) is 17.0 Å². The van der Waals surface area contributed by atoms with Crippen LogP contribution in [0.2, 0.25) is 0 Å². The summed E-state index contributed by atoms with van der Waals surface area (Å²) >= 11 is 6.89. The van der Waals surface area contributed by atoms with Gasteiger partial charge in [0, 0.05) is 28.9 Å². The average molecular weight is 449 g/mol. The minimum Gasteiger partial charge on any atom is -0.332 e. The topological polar surface area (TPSA) is 97.2 Å². The van der Waals surface area contributed by atoms with Gasteiger partial charge in [-0.3, -0.25) is 20.2 Å². The molecule has 0 aliphatic carbocycles. The third kappa shape index (κ3) is 4.57. The van der Waals surface area contributed by atoms with Gasteiger partial charge in [0.1, 0.15) is 5.01 Å². The molecule has 0 aliphatic rings. The molecule has 2 N–H and O–H groups in total. The first-order chi connectivity index (χ1) is 14.9. The van der Waals surface area contributed by atoms with E-state index in [1.165, 1.54) is 24.3 Å². The first kappa shape index (κ1) is 20.6. The van der Waals surface area contributed by atoms with Crippen LogP contribution >= 0.6 is 23.6 Å². The highest BCUT2D eigenvalue weighted by Gasteiger charge is 2.13. The van der Waals surface area contributed by atoms with Gasteiger partial charge in [-0.05, 0) is 55.0 Å². The number of nitrogens with one attached hydrogen (secondary N) is 2. The number of thiocarbonyl (C=S) groups is 1. The van der Waals surface area contributed by atoms with Crippen molar-refractivity contribution < 1.29 is 9.72 Å². The van der Waals surface area contributed by atoms with Crippen LogP contribution in [0.3, 0.4) is 0 Å². The second-order valence-electron chi connectivity index (χ2n) is 6.73. The van der Waals surface area contributed by atoms with Gasteiger partial charge in [0.2, 0.25) is 0 Å². The molecule has 0 saturated heterocycles. The van der Waals surface area contributed by atoms with E-state index in [4.69, 9.17) is 12.2 Å². The summed E-state index contributed by atoms with van der Waals surface area (Å²) in [5, 5.41) is 17.4. The molecular weight excluding hydrogens is 432 g/mol. The normalized spacial score (nSPS) is 10.6. The Hall–Kier alpha value is -3.69. The number of aryl methyl sites for hydroxylation is 1. The third-order valence-corrected chi connectivity index (χ3v) is 5.88. The lowest BCUT2D eigenvalue weighted by atomic mass is 10.1. The fourth-order valence-corrected chi connectivity index (χ4v) is 4.11. The van der Waals surface area contributed by atoms with Crippen molar-refractivity contribution in [2.45, 2.75) is 6.92 Å². The molecule has 4 rings (SSSR count). The van der Waals surface area contributed by atoms with Gasteiger partial charge in [-0.1, -0.05) is 24.3 Å². The lowest BCUT2D eigenvalue weighted by Crippen LogP contribution is -2.34. The maximum Gasteiger partial charge on any atom is 0.269 e. The fourth-order valence-electron chi connectivity index (χ4n) is 2.95. The molecule has 3 aromatic carbocycles. The maximum atomic E-state index is 12.4. The monoisotopic (exact) mass is 448 g/mol. The number of amides is 1. The van der Waals surface area contributed by atoms with Gasteiger partial charge in [0.05, 0.1) is 15.1 Å². The van der Waals surface area contributed by atoms with Gasteiger partial charge in [0.15, 0.2) is 5.11 Å². The molecule has 0 fully saturated rings. The van der Waals surface area contributed by atoms with E-state index in [-0.39, 0.29) is 16.4 Å². The van der Waals surface area contributed by atoms with E-state index in [1.54, 1.807) is 11.3 Å². The number of rotatable bonds is 4. The number of anilines is 1. The molecule has 9 heteroatoms. The van der Waals surface area contributed by atoms with E-state index in [0.717, 1.165) is 32.0 Å². The molecule has 0 spiro atoms. The Kier molecular flexibility index (Phi) is 5.70. The quantitative estimate of drug-likeness (QED) is 0.250. The summed E-state index contributed by atoms with van der Waals surface area (Å²) in [7, 11) is 0. The number of hydrogen-bond donors (Lipinski definition) is 2. The van der Waals surface area contributed by atoms with Crippen LogP contribution in [-0.2, 0) is 0 Å². The van der Waals surface area contributed by atoms with Gasteiger partial charge in [-0.25, -0.2) is 4.98 Å². The highest BCUT2D eigenvalue weighted by atomic mass is 32.1.